The van der Waals surface area contributed by atoms with Gasteiger partial charge in [-0.15, -0.1) is 0 Å². The minimum absolute atomic E-state index is 0.0143. The molecule has 0 saturated heterocycles. The third-order valence-corrected chi connectivity index (χ3v) is 27.9. The Kier molecular flexibility index (Phi) is 26.0. The van der Waals surface area contributed by atoms with E-state index in [1.807, 2.05) is 140 Å². The van der Waals surface area contributed by atoms with E-state index in [2.05, 4.69) is 102 Å². The average Bonchev–Trinajstić information content (AvgIpc) is 1.66. The first-order chi connectivity index (χ1) is 66.9. The molecule has 12 N–H and O–H groups in total. The van der Waals surface area contributed by atoms with Gasteiger partial charge in [0.15, 0.2) is 0 Å². The molecule has 688 valence electrons. The fourth-order valence-electron chi connectivity index (χ4n) is 20.6. The van der Waals surface area contributed by atoms with Crippen molar-refractivity contribution in [2.75, 3.05) is 21.3 Å². The Hall–Kier alpha value is -16.0. The van der Waals surface area contributed by atoms with Crippen LogP contribution in [0.1, 0.15) is 204 Å². The lowest BCUT2D eigenvalue weighted by Crippen LogP contribution is -2.38. The van der Waals surface area contributed by atoms with Crippen LogP contribution in [0.3, 0.4) is 0 Å². The van der Waals surface area contributed by atoms with Crippen molar-refractivity contribution in [2.45, 2.75) is 147 Å². The van der Waals surface area contributed by atoms with E-state index in [0.29, 0.717) is 127 Å². The van der Waals surface area contributed by atoms with Crippen LogP contribution in [-0.2, 0) is 0 Å². The van der Waals surface area contributed by atoms with E-state index in [-0.39, 0.29) is 53.3 Å². The molecule has 8 amide bonds. The summed E-state index contributed by atoms with van der Waals surface area (Å²) in [6.45, 7) is 1.95. The van der Waals surface area contributed by atoms with Gasteiger partial charge >= 0.3 is 0 Å². The fraction of sp³-hybridized carbons (Fsp3) is 0.266. The number of nitrogens with one attached hydrogen (secondary N) is 12. The number of H-pyrrole nitrogens is 4. The fourth-order valence-corrected chi connectivity index (χ4v) is 20.6. The van der Waals surface area contributed by atoms with Crippen molar-refractivity contribution in [1.82, 2.24) is 81.1 Å². The molecule has 16 aromatic rings. The van der Waals surface area contributed by atoms with Gasteiger partial charge in [0, 0.05) is 128 Å². The number of amides is 8. The molecular formula is C109H104N20O8. The molecule has 0 radical (unpaired) electrons. The van der Waals surface area contributed by atoms with E-state index in [1.54, 1.807) is 128 Å². The maximum atomic E-state index is 12.9. The lowest BCUT2D eigenvalue weighted by Gasteiger charge is -2.22. The van der Waals surface area contributed by atoms with Crippen molar-refractivity contribution < 1.29 is 38.4 Å². The van der Waals surface area contributed by atoms with Crippen LogP contribution >= 0.6 is 0 Å². The van der Waals surface area contributed by atoms with Gasteiger partial charge in [-0.2, -0.15) is 0 Å². The summed E-state index contributed by atoms with van der Waals surface area (Å²) < 4.78 is 0. The van der Waals surface area contributed by atoms with Crippen molar-refractivity contribution >= 4 is 114 Å². The van der Waals surface area contributed by atoms with Crippen molar-refractivity contribution in [3.63, 3.8) is 0 Å². The van der Waals surface area contributed by atoms with Gasteiger partial charge in [-0.1, -0.05) is 106 Å². The first-order valence-electron chi connectivity index (χ1n) is 47.5. The topological polar surface area (TPSA) is 399 Å². The molecule has 8 aromatic heterocycles. The third-order valence-electron chi connectivity index (χ3n) is 27.9. The van der Waals surface area contributed by atoms with Gasteiger partial charge in [0.25, 0.3) is 47.3 Å². The van der Waals surface area contributed by atoms with Crippen LogP contribution in [-0.4, -0.2) is 131 Å². The second-order valence-electron chi connectivity index (χ2n) is 37.2. The number of carbonyl (C=O) groups is 8. The first-order valence-corrected chi connectivity index (χ1v) is 47.5. The number of hydrogen-bond donors (Lipinski definition) is 12. The molecule has 0 spiro atoms. The molecule has 8 aromatic carbocycles. The Labute approximate surface area is 790 Å². The number of aryl methyl sites for hydroxylation is 1. The Morgan fingerprint density at radius 2 is 0.650 bits per heavy atom. The van der Waals surface area contributed by atoms with Gasteiger partial charge in [-0.25, -0.2) is 29.9 Å². The van der Waals surface area contributed by atoms with Crippen LogP contribution < -0.4 is 42.5 Å². The molecule has 8 heterocycles. The largest absolute Gasteiger partial charge is 0.349 e. The summed E-state index contributed by atoms with van der Waals surface area (Å²) >= 11 is 0. The number of aromatic nitrogens is 12. The Morgan fingerprint density at radius 1 is 0.285 bits per heavy atom. The van der Waals surface area contributed by atoms with E-state index < -0.39 is 0 Å². The van der Waals surface area contributed by atoms with Gasteiger partial charge in [0.2, 0.25) is 0 Å². The van der Waals surface area contributed by atoms with E-state index in [4.69, 9.17) is 0 Å². The summed E-state index contributed by atoms with van der Waals surface area (Å²) in [5, 5.41) is 24.2. The number of aromatic amines is 4. The van der Waals surface area contributed by atoms with Gasteiger partial charge in [-0.05, 0) is 282 Å². The molecule has 9 atom stereocenters. The van der Waals surface area contributed by atoms with E-state index in [1.165, 1.54) is 83.5 Å². The minimum atomic E-state index is -0.221. The van der Waals surface area contributed by atoms with E-state index in [0.717, 1.165) is 122 Å². The predicted octanol–water partition coefficient (Wildman–Crippen LogP) is 20.0. The van der Waals surface area contributed by atoms with Crippen molar-refractivity contribution in [2.24, 2.45) is 35.5 Å². The lowest BCUT2D eigenvalue weighted by molar-refractivity contribution is 0.0914. The van der Waals surface area contributed by atoms with Crippen LogP contribution in [0.5, 0.6) is 0 Å². The second-order valence-corrected chi connectivity index (χ2v) is 37.2. The predicted molar refractivity (Wildman–Crippen MR) is 529 cm³/mol. The van der Waals surface area contributed by atoms with Crippen LogP contribution in [0.25, 0.3) is 89.7 Å². The molecule has 23 rings (SSSR count). The molecule has 7 aliphatic rings. The maximum absolute atomic E-state index is 12.9. The Morgan fingerprint density at radius 3 is 0.985 bits per heavy atom. The van der Waals surface area contributed by atoms with Crippen LogP contribution in [0.2, 0.25) is 0 Å². The number of anilines is 4. The summed E-state index contributed by atoms with van der Waals surface area (Å²) in [5.74, 6) is 7.20. The number of nitrogens with zero attached hydrogens (tertiary/aromatic N) is 8. The molecule has 0 aliphatic heterocycles. The number of fused-ring (bicyclic) bond motifs is 10. The van der Waals surface area contributed by atoms with Crippen LogP contribution in [0.4, 0.5) is 23.0 Å². The summed E-state index contributed by atoms with van der Waals surface area (Å²) in [5.41, 5.74) is 17.0. The van der Waals surface area contributed by atoms with Gasteiger partial charge < -0.3 is 62.5 Å². The quantitative estimate of drug-likeness (QED) is 0.0315. The highest BCUT2D eigenvalue weighted by Crippen LogP contribution is 2.47. The molecule has 7 saturated carbocycles. The Balaban J connectivity index is 0.000000113. The number of benzene rings is 8. The highest BCUT2D eigenvalue weighted by molar-refractivity contribution is 6.08. The number of hydrogen-bond acceptors (Lipinski definition) is 16. The monoisotopic (exact) mass is 1820 g/mol. The smallest absolute Gasteiger partial charge is 0.256 e. The third kappa shape index (κ3) is 21.0. The summed E-state index contributed by atoms with van der Waals surface area (Å²) in [6.07, 6.45) is 31.6. The normalized spacial score (nSPS) is 19.3. The first kappa shape index (κ1) is 88.9. The zero-order chi connectivity index (χ0) is 93.4. The van der Waals surface area contributed by atoms with Crippen LogP contribution in [0.15, 0.2) is 262 Å². The second kappa shape index (κ2) is 40.0. The lowest BCUT2D eigenvalue weighted by atomic mass is 9.95. The van der Waals surface area contributed by atoms with Gasteiger partial charge in [0.05, 0.1) is 56.0 Å². The van der Waals surface area contributed by atoms with E-state index >= 15 is 0 Å². The summed E-state index contributed by atoms with van der Waals surface area (Å²) in [7, 11) is 0. The number of imidazole rings is 4. The van der Waals surface area contributed by atoms with Crippen molar-refractivity contribution in [1.29, 1.82) is 0 Å². The van der Waals surface area contributed by atoms with Gasteiger partial charge in [-0.3, -0.25) is 48.3 Å². The maximum Gasteiger partial charge on any atom is 0.256 e. The standard InChI is InChI=1S/C28H27N5O2.2C27H25N5O2.C27H27N5O2/c1-16-2-11-25(29-15-16)33-27(34)19-7-5-18(6-8-19)26-30-22-10-9-21(14-24(22)31-26)28(35)32-23-13-17-3-4-20(23)12-17;33-26(29-21-2-1-11-28-15-21)18-7-5-17(6-8-18)25-30-22-10-9-20(14-24(22)31-25)27(34)32-23-13-16-3-4-19(23)12-16;33-26(32-24-3-1-2-12-28-24)18-8-6-17(7-9-18)25-29-21-11-10-20(15-23(21)30-25)27(34)31-22-14-16-4-5-19(22)13-16;33-26(30-22-13-15-28-16-14-22)19-9-7-18(8-10-19)25-31-23-12-11-20(17-24(23)32-25)27(34)29-21-5-3-1-2-4-6-21/h2,5-11,14-15,17,20,23H,3-4,12-13H2,1H3,(H,30,31)(H,32,35)(H,29,33,34);1-2,5-11,14-16,19,23H,3-4,12-13H2,(H,29,33)(H,30,31)(H,32,34);1-3,6-12,15-16,19,22H,4-5,13-14H2,(H,29,30)(H,31,34)(H,28,32,33);7-17,21H,1-6H2,(H,29,34)(H,31,32)(H,28,30,33). The zero-order valence-corrected chi connectivity index (χ0v) is 75.7. The molecule has 28 heteroatoms. The highest BCUT2D eigenvalue weighted by Gasteiger charge is 2.43. The van der Waals surface area contributed by atoms with Crippen molar-refractivity contribution in [3.05, 3.63) is 312 Å². The van der Waals surface area contributed by atoms with Gasteiger partial charge in [0.1, 0.15) is 34.9 Å². The molecule has 28 nitrogen and oxygen atoms in total. The Bertz CT molecular complexity index is 6910. The molecular weight excluding hydrogens is 1720 g/mol. The number of rotatable bonds is 20. The number of pyridine rings is 4. The average molecular weight is 1820 g/mol. The number of carbonyl (C=O) groups excluding carboxylic acids is 8. The highest BCUT2D eigenvalue weighted by atomic mass is 16.2. The zero-order valence-electron chi connectivity index (χ0n) is 75.7. The molecule has 7 aliphatic carbocycles. The van der Waals surface area contributed by atoms with Crippen LogP contribution in [0, 0.1) is 42.4 Å². The molecule has 9 unspecified atom stereocenters. The summed E-state index contributed by atoms with van der Waals surface area (Å²) in [4.78, 5) is 149. The van der Waals surface area contributed by atoms with E-state index in [9.17, 15) is 38.4 Å². The van der Waals surface area contributed by atoms with Crippen molar-refractivity contribution in [3.8, 4) is 45.6 Å². The molecule has 137 heavy (non-hydrogen) atoms. The summed E-state index contributed by atoms with van der Waals surface area (Å²) in [6, 6.07) is 68.5. The molecule has 6 bridgehead atoms. The SMILES string of the molecule is Cc1ccc(NC(=O)c2ccc(-c3nc4ccc(C(=O)NC5CC6CCC5C6)cc4[nH]3)cc2)nc1.O=C(Nc1ccccn1)c1ccc(-c2nc3ccc(C(=O)NC4CC5CCC4C5)cc3[nH]2)cc1.O=C(Nc1cccnc1)c1ccc(-c2nc3ccc(C(=O)NC4CC5CCC4C5)cc3[nH]2)cc1.O=C(Nc1ccncc1)c1ccc(-c2nc3ccc(C(=O)NC4CCCCCC4)cc3[nH]2)cc1. The molecule has 7 fully saturated rings. The minimum Gasteiger partial charge on any atom is -0.349 e.